The number of nitrogens with one attached hydrogen (secondary N) is 1. The van der Waals surface area contributed by atoms with Gasteiger partial charge in [-0.1, -0.05) is 6.07 Å². The number of pyridine rings is 1. The van der Waals surface area contributed by atoms with E-state index in [-0.39, 0.29) is 0 Å². The number of aromatic nitrogens is 2. The van der Waals surface area contributed by atoms with E-state index in [1.54, 1.807) is 17.5 Å². The van der Waals surface area contributed by atoms with Gasteiger partial charge in [0.05, 0.1) is 0 Å². The van der Waals surface area contributed by atoms with E-state index in [0.717, 1.165) is 18.1 Å². The lowest BCUT2D eigenvalue weighted by Gasteiger charge is -2.01. The minimum absolute atomic E-state index is 0.826. The normalized spacial score (nSPS) is 10.3. The van der Waals surface area contributed by atoms with Gasteiger partial charge in [0.2, 0.25) is 0 Å². The van der Waals surface area contributed by atoms with Crippen LogP contribution in [0.2, 0.25) is 0 Å². The molecule has 0 saturated heterocycles. The largest absolute Gasteiger partial charge is 0.306 e. The van der Waals surface area contributed by atoms with Crippen LogP contribution < -0.4 is 5.32 Å². The number of nitrogens with zero attached hydrogens (tertiary/aromatic N) is 2. The molecule has 0 atom stereocenters. The summed E-state index contributed by atoms with van der Waals surface area (Å²) < 4.78 is 0. The number of hydrogen-bond acceptors (Lipinski definition) is 4. The fraction of sp³-hybridized carbons (Fsp3) is 0.200. The molecule has 3 nitrogen and oxygen atoms in total. The van der Waals surface area contributed by atoms with Crippen molar-refractivity contribution in [2.75, 3.05) is 0 Å². The fourth-order valence-electron chi connectivity index (χ4n) is 1.16. The molecule has 0 aliphatic rings. The van der Waals surface area contributed by atoms with Crippen LogP contribution in [-0.4, -0.2) is 9.97 Å². The number of hydrogen-bond donors (Lipinski definition) is 1. The summed E-state index contributed by atoms with van der Waals surface area (Å²) in [5.41, 5.74) is 1.20. The van der Waals surface area contributed by atoms with Gasteiger partial charge >= 0.3 is 0 Å². The molecule has 0 aromatic carbocycles. The second-order valence-corrected chi connectivity index (χ2v) is 3.87. The van der Waals surface area contributed by atoms with Gasteiger partial charge in [-0.15, -0.1) is 11.3 Å². The van der Waals surface area contributed by atoms with Crippen LogP contribution in [0, 0.1) is 0 Å². The lowest BCUT2D eigenvalue weighted by Crippen LogP contribution is -2.12. The summed E-state index contributed by atoms with van der Waals surface area (Å²) in [6, 6.07) is 4.00. The van der Waals surface area contributed by atoms with Gasteiger partial charge in [0, 0.05) is 37.1 Å². The van der Waals surface area contributed by atoms with E-state index in [4.69, 9.17) is 0 Å². The maximum absolute atomic E-state index is 4.19. The Hall–Kier alpha value is -1.26. The molecule has 14 heavy (non-hydrogen) atoms. The van der Waals surface area contributed by atoms with Gasteiger partial charge in [-0.25, -0.2) is 4.98 Å². The Morgan fingerprint density at radius 2 is 2.29 bits per heavy atom. The molecule has 72 valence electrons. The first-order valence-corrected chi connectivity index (χ1v) is 5.31. The molecule has 2 aromatic heterocycles. The van der Waals surface area contributed by atoms with Crippen LogP contribution in [0.5, 0.6) is 0 Å². The molecule has 2 aromatic rings. The third-order valence-electron chi connectivity index (χ3n) is 1.81. The molecule has 0 fully saturated rings. The van der Waals surface area contributed by atoms with Crippen molar-refractivity contribution in [1.82, 2.24) is 15.3 Å². The molecule has 0 amide bonds. The van der Waals surface area contributed by atoms with E-state index >= 15 is 0 Å². The topological polar surface area (TPSA) is 37.8 Å². The molecule has 4 heteroatoms. The molecular formula is C10H11N3S. The van der Waals surface area contributed by atoms with Crippen molar-refractivity contribution in [3.05, 3.63) is 46.7 Å². The zero-order valence-corrected chi connectivity index (χ0v) is 8.50. The lowest BCUT2D eigenvalue weighted by atomic mass is 10.3. The van der Waals surface area contributed by atoms with E-state index in [0.29, 0.717) is 0 Å². The van der Waals surface area contributed by atoms with E-state index in [9.17, 15) is 0 Å². The fourth-order valence-corrected chi connectivity index (χ4v) is 1.74. The second-order valence-electron chi connectivity index (χ2n) is 2.89. The van der Waals surface area contributed by atoms with Crippen LogP contribution in [-0.2, 0) is 13.1 Å². The molecule has 0 spiro atoms. The zero-order chi connectivity index (χ0) is 9.64. The SMILES string of the molecule is c1cncc(CNCc2nccs2)c1. The van der Waals surface area contributed by atoms with Gasteiger partial charge in [-0.05, 0) is 11.6 Å². The van der Waals surface area contributed by atoms with Crippen LogP contribution in [0.15, 0.2) is 36.1 Å². The number of thiazole rings is 1. The maximum atomic E-state index is 4.19. The second kappa shape index (κ2) is 4.83. The van der Waals surface area contributed by atoms with Gasteiger partial charge in [-0.3, -0.25) is 4.98 Å². The maximum Gasteiger partial charge on any atom is 0.106 e. The quantitative estimate of drug-likeness (QED) is 0.827. The minimum Gasteiger partial charge on any atom is -0.306 e. The third-order valence-corrected chi connectivity index (χ3v) is 2.59. The molecule has 2 rings (SSSR count). The summed E-state index contributed by atoms with van der Waals surface area (Å²) in [7, 11) is 0. The van der Waals surface area contributed by atoms with Crippen LogP contribution in [0.25, 0.3) is 0 Å². The highest BCUT2D eigenvalue weighted by Gasteiger charge is 1.95. The van der Waals surface area contributed by atoms with Gasteiger partial charge in [0.25, 0.3) is 0 Å². The van der Waals surface area contributed by atoms with Crippen molar-refractivity contribution >= 4 is 11.3 Å². The van der Waals surface area contributed by atoms with E-state index < -0.39 is 0 Å². The monoisotopic (exact) mass is 205 g/mol. The summed E-state index contributed by atoms with van der Waals surface area (Å²) in [4.78, 5) is 8.24. The molecule has 0 radical (unpaired) electrons. The van der Waals surface area contributed by atoms with Gasteiger partial charge in [0.15, 0.2) is 0 Å². The predicted molar refractivity (Wildman–Crippen MR) is 56.9 cm³/mol. The molecule has 0 saturated carbocycles. The molecule has 0 aliphatic heterocycles. The highest BCUT2D eigenvalue weighted by molar-refractivity contribution is 7.09. The van der Waals surface area contributed by atoms with Crippen molar-refractivity contribution in [3.8, 4) is 0 Å². The Balaban J connectivity index is 1.79. The van der Waals surface area contributed by atoms with Crippen LogP contribution in [0.1, 0.15) is 10.6 Å². The van der Waals surface area contributed by atoms with Crippen LogP contribution in [0.3, 0.4) is 0 Å². The third kappa shape index (κ3) is 2.61. The van der Waals surface area contributed by atoms with Crippen LogP contribution >= 0.6 is 11.3 Å². The Labute approximate surface area is 86.8 Å². The first-order chi connectivity index (χ1) is 6.95. The van der Waals surface area contributed by atoms with Gasteiger partial charge in [0.1, 0.15) is 5.01 Å². The average molecular weight is 205 g/mol. The summed E-state index contributed by atoms with van der Waals surface area (Å²) >= 11 is 1.67. The highest BCUT2D eigenvalue weighted by Crippen LogP contribution is 2.03. The predicted octanol–water partition coefficient (Wildman–Crippen LogP) is 1.83. The smallest absolute Gasteiger partial charge is 0.106 e. The van der Waals surface area contributed by atoms with E-state index in [1.165, 1.54) is 5.56 Å². The van der Waals surface area contributed by atoms with Gasteiger partial charge in [-0.2, -0.15) is 0 Å². The highest BCUT2D eigenvalue weighted by atomic mass is 32.1. The standard InChI is InChI=1S/C10H11N3S/c1-2-9(6-11-3-1)7-12-8-10-13-4-5-14-10/h1-6,12H,7-8H2. The molecular weight excluding hydrogens is 194 g/mol. The van der Waals surface area contributed by atoms with Crippen LogP contribution in [0.4, 0.5) is 0 Å². The molecule has 0 bridgehead atoms. The van der Waals surface area contributed by atoms with E-state index in [1.807, 2.05) is 23.8 Å². The first kappa shape index (κ1) is 9.30. The zero-order valence-electron chi connectivity index (χ0n) is 7.68. The van der Waals surface area contributed by atoms with Crippen molar-refractivity contribution in [2.24, 2.45) is 0 Å². The van der Waals surface area contributed by atoms with Crippen molar-refractivity contribution in [3.63, 3.8) is 0 Å². The van der Waals surface area contributed by atoms with Crippen molar-refractivity contribution in [1.29, 1.82) is 0 Å². The van der Waals surface area contributed by atoms with Crippen molar-refractivity contribution < 1.29 is 0 Å². The Bertz CT molecular complexity index is 358. The lowest BCUT2D eigenvalue weighted by molar-refractivity contribution is 0.688. The molecule has 0 aliphatic carbocycles. The summed E-state index contributed by atoms with van der Waals surface area (Å²) in [6.07, 6.45) is 5.48. The Morgan fingerprint density at radius 3 is 3.00 bits per heavy atom. The summed E-state index contributed by atoms with van der Waals surface area (Å²) in [6.45, 7) is 1.67. The van der Waals surface area contributed by atoms with Crippen molar-refractivity contribution in [2.45, 2.75) is 13.1 Å². The first-order valence-electron chi connectivity index (χ1n) is 4.43. The summed E-state index contributed by atoms with van der Waals surface area (Å²) in [5, 5.41) is 6.42. The molecule has 2 heterocycles. The summed E-state index contributed by atoms with van der Waals surface area (Å²) in [5.74, 6) is 0. The average Bonchev–Trinajstić information content (AvgIpc) is 2.72. The van der Waals surface area contributed by atoms with E-state index in [2.05, 4.69) is 21.4 Å². The Morgan fingerprint density at radius 1 is 1.29 bits per heavy atom. The number of rotatable bonds is 4. The molecule has 1 N–H and O–H groups in total. The Kier molecular flexibility index (Phi) is 3.21. The van der Waals surface area contributed by atoms with Gasteiger partial charge < -0.3 is 5.32 Å². The minimum atomic E-state index is 0.826. The molecule has 0 unspecified atom stereocenters.